The Morgan fingerprint density at radius 1 is 1.50 bits per heavy atom. The van der Waals surface area contributed by atoms with E-state index in [0.29, 0.717) is 6.04 Å². The van der Waals surface area contributed by atoms with Gasteiger partial charge in [0.05, 0.1) is 9.88 Å². The van der Waals surface area contributed by atoms with Gasteiger partial charge in [0.15, 0.2) is 0 Å². The van der Waals surface area contributed by atoms with Crippen molar-refractivity contribution in [1.29, 1.82) is 0 Å². The molecule has 0 radical (unpaired) electrons. The summed E-state index contributed by atoms with van der Waals surface area (Å²) >= 11 is 1.52. The number of nitrogens with zero attached hydrogens (tertiary/aromatic N) is 1. The molecule has 0 unspecified atom stereocenters. The summed E-state index contributed by atoms with van der Waals surface area (Å²) < 4.78 is 0. The monoisotopic (exact) mass is 260 g/mol. The predicted molar refractivity (Wildman–Crippen MR) is 70.8 cm³/mol. The molecule has 1 N–H and O–H groups in total. The number of amides is 1. The van der Waals surface area contributed by atoms with E-state index >= 15 is 0 Å². The van der Waals surface area contributed by atoms with Crippen molar-refractivity contribution in [1.82, 2.24) is 4.90 Å². The third-order valence-electron chi connectivity index (χ3n) is 3.01. The summed E-state index contributed by atoms with van der Waals surface area (Å²) in [6.45, 7) is 0. The first-order chi connectivity index (χ1) is 7.22. The number of carbonyl (C=O) groups is 1. The van der Waals surface area contributed by atoms with Gasteiger partial charge >= 0.3 is 0 Å². The molecule has 1 saturated carbocycles. The Labute approximate surface area is 106 Å². The van der Waals surface area contributed by atoms with Crippen molar-refractivity contribution in [3.63, 3.8) is 0 Å². The van der Waals surface area contributed by atoms with Gasteiger partial charge in [0.2, 0.25) is 0 Å². The second-order valence-electron chi connectivity index (χ2n) is 3.91. The maximum absolute atomic E-state index is 12.0. The van der Waals surface area contributed by atoms with Crippen LogP contribution in [-0.4, -0.2) is 30.9 Å². The van der Waals surface area contributed by atoms with E-state index in [-0.39, 0.29) is 18.3 Å². The van der Waals surface area contributed by atoms with Crippen LogP contribution in [-0.2, 0) is 0 Å². The summed E-state index contributed by atoms with van der Waals surface area (Å²) in [5, 5.41) is 4.09. The van der Waals surface area contributed by atoms with Crippen molar-refractivity contribution in [3.8, 4) is 0 Å². The molecule has 0 atom stereocenters. The number of rotatable bonds is 3. The topological polar surface area (TPSA) is 32.3 Å². The molecule has 0 spiro atoms. The molecule has 1 aliphatic carbocycles. The Bertz CT molecular complexity index is 363. The fourth-order valence-corrected chi connectivity index (χ4v) is 2.54. The van der Waals surface area contributed by atoms with E-state index in [2.05, 4.69) is 5.32 Å². The van der Waals surface area contributed by atoms with E-state index in [1.54, 1.807) is 0 Å². The van der Waals surface area contributed by atoms with Crippen LogP contribution in [0.15, 0.2) is 12.1 Å². The van der Waals surface area contributed by atoms with Crippen LogP contribution in [0.2, 0.25) is 0 Å². The maximum Gasteiger partial charge on any atom is 0.263 e. The largest absolute Gasteiger partial charge is 0.380 e. The van der Waals surface area contributed by atoms with Gasteiger partial charge in [-0.15, -0.1) is 23.7 Å². The van der Waals surface area contributed by atoms with Gasteiger partial charge < -0.3 is 10.2 Å². The lowest BCUT2D eigenvalue weighted by molar-refractivity contribution is 0.0657. The molecule has 16 heavy (non-hydrogen) atoms. The number of thiophene rings is 1. The van der Waals surface area contributed by atoms with E-state index in [9.17, 15) is 4.79 Å². The number of anilines is 1. The van der Waals surface area contributed by atoms with Crippen molar-refractivity contribution in [2.45, 2.75) is 25.3 Å². The summed E-state index contributed by atoms with van der Waals surface area (Å²) in [6.07, 6.45) is 3.58. The molecule has 5 heteroatoms. The predicted octanol–water partition coefficient (Wildman–Crippen LogP) is 2.84. The van der Waals surface area contributed by atoms with Crippen LogP contribution >= 0.6 is 23.7 Å². The van der Waals surface area contributed by atoms with Gasteiger partial charge in [-0.05, 0) is 31.4 Å². The SMILES string of the molecule is CNc1ccc(C(=O)N(C)C2CCC2)s1.Cl. The molecule has 1 aromatic heterocycles. The van der Waals surface area contributed by atoms with Crippen LogP contribution < -0.4 is 5.32 Å². The minimum Gasteiger partial charge on any atom is -0.380 e. The summed E-state index contributed by atoms with van der Waals surface area (Å²) in [5.41, 5.74) is 0. The highest BCUT2D eigenvalue weighted by Gasteiger charge is 2.26. The number of carbonyl (C=O) groups excluding carboxylic acids is 1. The molecule has 1 heterocycles. The average molecular weight is 261 g/mol. The summed E-state index contributed by atoms with van der Waals surface area (Å²) in [4.78, 5) is 14.7. The van der Waals surface area contributed by atoms with Gasteiger partial charge in [0, 0.05) is 20.1 Å². The number of nitrogens with one attached hydrogen (secondary N) is 1. The fourth-order valence-electron chi connectivity index (χ4n) is 1.70. The normalized spacial score (nSPS) is 14.9. The molecule has 0 aliphatic heterocycles. The van der Waals surface area contributed by atoms with Crippen molar-refractivity contribution >= 4 is 34.7 Å². The quantitative estimate of drug-likeness (QED) is 0.907. The van der Waals surface area contributed by atoms with Crippen molar-refractivity contribution in [3.05, 3.63) is 17.0 Å². The van der Waals surface area contributed by atoms with Gasteiger partial charge in [-0.2, -0.15) is 0 Å². The van der Waals surface area contributed by atoms with Gasteiger partial charge in [-0.25, -0.2) is 0 Å². The number of hydrogen-bond acceptors (Lipinski definition) is 3. The maximum atomic E-state index is 12.0. The summed E-state index contributed by atoms with van der Waals surface area (Å²) in [5.74, 6) is 0.159. The second-order valence-corrected chi connectivity index (χ2v) is 5.00. The standard InChI is InChI=1S/C11H16N2OS.ClH/c1-12-10-7-6-9(15-10)11(14)13(2)8-4-3-5-8;/h6-8,12H,3-5H2,1-2H3;1H. The minimum absolute atomic E-state index is 0. The number of halogens is 1. The Balaban J connectivity index is 0.00000128. The Morgan fingerprint density at radius 2 is 2.19 bits per heavy atom. The molecule has 1 aliphatic rings. The molecule has 3 nitrogen and oxygen atoms in total. The highest BCUT2D eigenvalue weighted by molar-refractivity contribution is 7.17. The first-order valence-corrected chi connectivity index (χ1v) is 6.09. The fraction of sp³-hybridized carbons (Fsp3) is 0.545. The van der Waals surface area contributed by atoms with Gasteiger partial charge in [0.1, 0.15) is 0 Å². The van der Waals surface area contributed by atoms with Crippen molar-refractivity contribution < 1.29 is 4.79 Å². The molecular formula is C11H17ClN2OS. The van der Waals surface area contributed by atoms with Gasteiger partial charge in [-0.1, -0.05) is 0 Å². The van der Waals surface area contributed by atoms with Crippen LogP contribution in [0, 0.1) is 0 Å². The zero-order valence-electron chi connectivity index (χ0n) is 9.53. The lowest BCUT2D eigenvalue weighted by Crippen LogP contribution is -2.40. The second kappa shape index (κ2) is 5.55. The highest BCUT2D eigenvalue weighted by Crippen LogP contribution is 2.27. The van der Waals surface area contributed by atoms with Crippen LogP contribution in [0.4, 0.5) is 5.00 Å². The van der Waals surface area contributed by atoms with E-state index in [1.165, 1.54) is 17.8 Å². The molecule has 0 saturated heterocycles. The van der Waals surface area contributed by atoms with Crippen molar-refractivity contribution in [2.24, 2.45) is 0 Å². The lowest BCUT2D eigenvalue weighted by Gasteiger charge is -2.34. The smallest absolute Gasteiger partial charge is 0.263 e. The zero-order chi connectivity index (χ0) is 10.8. The summed E-state index contributed by atoms with van der Waals surface area (Å²) in [6, 6.07) is 4.32. The first-order valence-electron chi connectivity index (χ1n) is 5.27. The molecule has 2 rings (SSSR count). The lowest BCUT2D eigenvalue weighted by atomic mass is 9.92. The molecule has 90 valence electrons. The molecule has 0 aromatic carbocycles. The van der Waals surface area contributed by atoms with Crippen LogP contribution in [0.3, 0.4) is 0 Å². The van der Waals surface area contributed by atoms with E-state index in [4.69, 9.17) is 0 Å². The van der Waals surface area contributed by atoms with Gasteiger partial charge in [0.25, 0.3) is 5.91 Å². The van der Waals surface area contributed by atoms with E-state index < -0.39 is 0 Å². The molecular weight excluding hydrogens is 244 g/mol. The minimum atomic E-state index is 0. The van der Waals surface area contributed by atoms with Crippen LogP contribution in [0.5, 0.6) is 0 Å². The third-order valence-corrected chi connectivity index (χ3v) is 4.10. The van der Waals surface area contributed by atoms with Crippen LogP contribution in [0.1, 0.15) is 28.9 Å². The average Bonchev–Trinajstić information content (AvgIpc) is 2.61. The Kier molecular flexibility index (Phi) is 4.62. The van der Waals surface area contributed by atoms with Gasteiger partial charge in [-0.3, -0.25) is 4.79 Å². The third kappa shape index (κ3) is 2.50. The molecule has 1 amide bonds. The first kappa shape index (κ1) is 13.3. The van der Waals surface area contributed by atoms with Crippen molar-refractivity contribution in [2.75, 3.05) is 19.4 Å². The van der Waals surface area contributed by atoms with E-state index in [1.807, 2.05) is 31.1 Å². The number of hydrogen-bond donors (Lipinski definition) is 1. The zero-order valence-corrected chi connectivity index (χ0v) is 11.2. The van der Waals surface area contributed by atoms with E-state index in [0.717, 1.165) is 22.7 Å². The highest BCUT2D eigenvalue weighted by atomic mass is 35.5. The molecule has 0 bridgehead atoms. The molecule has 1 aromatic rings. The molecule has 1 fully saturated rings. The summed E-state index contributed by atoms with van der Waals surface area (Å²) in [7, 11) is 3.78. The Hall–Kier alpha value is -0.740. The Morgan fingerprint density at radius 3 is 2.62 bits per heavy atom. The van der Waals surface area contributed by atoms with Crippen LogP contribution in [0.25, 0.3) is 0 Å².